The quantitative estimate of drug-likeness (QED) is 0.743. The average molecular weight is 210 g/mol. The number of hydrogen-bond donors (Lipinski definition) is 1. The standard InChI is InChI=1S/C11H18N2O2/c1-13(8-11(14)9-15-2)7-10-3-5-12-6-4-10/h3-6,11,14H,7-9H2,1-2H3. The Morgan fingerprint density at radius 1 is 1.47 bits per heavy atom. The van der Waals surface area contributed by atoms with E-state index in [1.165, 1.54) is 5.56 Å². The lowest BCUT2D eigenvalue weighted by molar-refractivity contribution is 0.0419. The van der Waals surface area contributed by atoms with Gasteiger partial charge in [0.25, 0.3) is 0 Å². The molecule has 0 radical (unpaired) electrons. The van der Waals surface area contributed by atoms with E-state index >= 15 is 0 Å². The van der Waals surface area contributed by atoms with Gasteiger partial charge in [0, 0.05) is 32.6 Å². The molecule has 4 nitrogen and oxygen atoms in total. The summed E-state index contributed by atoms with van der Waals surface area (Å²) in [6.07, 6.45) is 3.12. The molecule has 0 fully saturated rings. The zero-order valence-corrected chi connectivity index (χ0v) is 9.26. The predicted octanol–water partition coefficient (Wildman–Crippen LogP) is 0.521. The van der Waals surface area contributed by atoms with Crippen molar-refractivity contribution in [1.29, 1.82) is 0 Å². The summed E-state index contributed by atoms with van der Waals surface area (Å²) in [5.41, 5.74) is 1.19. The molecule has 4 heteroatoms. The molecule has 1 aromatic rings. The molecule has 1 heterocycles. The fourth-order valence-electron chi connectivity index (χ4n) is 1.47. The first-order valence-electron chi connectivity index (χ1n) is 4.97. The van der Waals surface area contributed by atoms with Crippen molar-refractivity contribution in [3.63, 3.8) is 0 Å². The fraction of sp³-hybridized carbons (Fsp3) is 0.545. The molecule has 0 aliphatic rings. The Hall–Kier alpha value is -0.970. The summed E-state index contributed by atoms with van der Waals surface area (Å²) < 4.78 is 4.87. The highest BCUT2D eigenvalue weighted by molar-refractivity contribution is 5.09. The number of nitrogens with zero attached hydrogens (tertiary/aromatic N) is 2. The molecule has 0 spiro atoms. The van der Waals surface area contributed by atoms with Crippen LogP contribution in [0.1, 0.15) is 5.56 Å². The zero-order chi connectivity index (χ0) is 11.1. The minimum absolute atomic E-state index is 0.376. The van der Waals surface area contributed by atoms with Crippen molar-refractivity contribution in [2.45, 2.75) is 12.6 Å². The molecule has 1 unspecified atom stereocenters. The van der Waals surface area contributed by atoms with Crippen LogP contribution < -0.4 is 0 Å². The number of aromatic nitrogens is 1. The second-order valence-electron chi connectivity index (χ2n) is 3.66. The Bertz CT molecular complexity index is 267. The van der Waals surface area contributed by atoms with Crippen molar-refractivity contribution < 1.29 is 9.84 Å². The number of likely N-dealkylation sites (N-methyl/N-ethyl adjacent to an activating group) is 1. The van der Waals surface area contributed by atoms with Crippen LogP contribution in [0.25, 0.3) is 0 Å². The minimum atomic E-state index is -0.429. The number of aliphatic hydroxyl groups excluding tert-OH is 1. The van der Waals surface area contributed by atoms with E-state index in [9.17, 15) is 5.11 Å². The molecule has 0 saturated heterocycles. The van der Waals surface area contributed by atoms with Crippen LogP contribution in [0.2, 0.25) is 0 Å². The molecule has 1 rings (SSSR count). The summed E-state index contributed by atoms with van der Waals surface area (Å²) >= 11 is 0. The third kappa shape index (κ3) is 4.88. The van der Waals surface area contributed by atoms with Crippen LogP contribution in [-0.2, 0) is 11.3 Å². The molecule has 15 heavy (non-hydrogen) atoms. The molecule has 0 bridgehead atoms. The van der Waals surface area contributed by atoms with Gasteiger partial charge in [-0.05, 0) is 24.7 Å². The lowest BCUT2D eigenvalue weighted by Crippen LogP contribution is -2.31. The van der Waals surface area contributed by atoms with Crippen molar-refractivity contribution in [3.8, 4) is 0 Å². The Kier molecular flexibility index (Phi) is 5.25. The van der Waals surface area contributed by atoms with E-state index in [-0.39, 0.29) is 0 Å². The molecule has 0 aliphatic heterocycles. The van der Waals surface area contributed by atoms with Gasteiger partial charge in [0.2, 0.25) is 0 Å². The molecule has 1 N–H and O–H groups in total. The monoisotopic (exact) mass is 210 g/mol. The Morgan fingerprint density at radius 2 is 2.13 bits per heavy atom. The highest BCUT2D eigenvalue weighted by Gasteiger charge is 2.07. The van der Waals surface area contributed by atoms with E-state index in [2.05, 4.69) is 9.88 Å². The van der Waals surface area contributed by atoms with Gasteiger partial charge < -0.3 is 9.84 Å². The van der Waals surface area contributed by atoms with Crippen molar-refractivity contribution in [2.24, 2.45) is 0 Å². The molecular weight excluding hydrogens is 192 g/mol. The largest absolute Gasteiger partial charge is 0.389 e. The first-order valence-corrected chi connectivity index (χ1v) is 4.97. The lowest BCUT2D eigenvalue weighted by Gasteiger charge is -2.19. The van der Waals surface area contributed by atoms with Gasteiger partial charge >= 0.3 is 0 Å². The van der Waals surface area contributed by atoms with E-state index in [0.29, 0.717) is 13.2 Å². The van der Waals surface area contributed by atoms with Crippen LogP contribution in [0.4, 0.5) is 0 Å². The van der Waals surface area contributed by atoms with Crippen LogP contribution in [-0.4, -0.2) is 48.4 Å². The minimum Gasteiger partial charge on any atom is -0.389 e. The van der Waals surface area contributed by atoms with Gasteiger partial charge in [-0.15, -0.1) is 0 Å². The number of hydrogen-bond acceptors (Lipinski definition) is 4. The zero-order valence-electron chi connectivity index (χ0n) is 9.26. The highest BCUT2D eigenvalue weighted by Crippen LogP contribution is 2.01. The number of methoxy groups -OCH3 is 1. The summed E-state index contributed by atoms with van der Waals surface area (Å²) in [5, 5.41) is 9.52. The van der Waals surface area contributed by atoms with Crippen molar-refractivity contribution in [2.75, 3.05) is 27.3 Å². The molecule has 0 aromatic carbocycles. The maximum atomic E-state index is 9.52. The van der Waals surface area contributed by atoms with Crippen molar-refractivity contribution >= 4 is 0 Å². The summed E-state index contributed by atoms with van der Waals surface area (Å²) in [6.45, 7) is 1.79. The fourth-order valence-corrected chi connectivity index (χ4v) is 1.47. The van der Waals surface area contributed by atoms with Gasteiger partial charge in [-0.3, -0.25) is 9.88 Å². The van der Waals surface area contributed by atoms with Crippen LogP contribution in [0.3, 0.4) is 0 Å². The molecule has 0 saturated carbocycles. The maximum absolute atomic E-state index is 9.52. The van der Waals surface area contributed by atoms with Crippen LogP contribution in [0.5, 0.6) is 0 Å². The summed E-state index contributed by atoms with van der Waals surface area (Å²) in [4.78, 5) is 6.01. The average Bonchev–Trinajstić information content (AvgIpc) is 2.19. The second kappa shape index (κ2) is 6.50. The number of ether oxygens (including phenoxy) is 1. The van der Waals surface area contributed by atoms with Crippen LogP contribution in [0, 0.1) is 0 Å². The molecular formula is C11H18N2O2. The van der Waals surface area contributed by atoms with Crippen molar-refractivity contribution in [1.82, 2.24) is 9.88 Å². The topological polar surface area (TPSA) is 45.6 Å². The van der Waals surface area contributed by atoms with Crippen molar-refractivity contribution in [3.05, 3.63) is 30.1 Å². The van der Waals surface area contributed by atoms with Gasteiger partial charge in [0.15, 0.2) is 0 Å². The highest BCUT2D eigenvalue weighted by atomic mass is 16.5. The molecule has 0 aliphatic carbocycles. The normalized spacial score (nSPS) is 13.1. The predicted molar refractivity (Wildman–Crippen MR) is 58.5 cm³/mol. The molecule has 0 amide bonds. The maximum Gasteiger partial charge on any atom is 0.0900 e. The van der Waals surface area contributed by atoms with Gasteiger partial charge in [0.1, 0.15) is 0 Å². The summed E-state index contributed by atoms with van der Waals surface area (Å²) in [6, 6.07) is 3.94. The van der Waals surface area contributed by atoms with E-state index in [0.717, 1.165) is 6.54 Å². The van der Waals surface area contributed by atoms with E-state index in [1.54, 1.807) is 19.5 Å². The summed E-state index contributed by atoms with van der Waals surface area (Å²) in [7, 11) is 3.56. The number of aliphatic hydroxyl groups is 1. The van der Waals surface area contributed by atoms with Gasteiger partial charge in [-0.25, -0.2) is 0 Å². The van der Waals surface area contributed by atoms with E-state index in [4.69, 9.17) is 4.74 Å². The Morgan fingerprint density at radius 3 is 2.73 bits per heavy atom. The van der Waals surface area contributed by atoms with Crippen LogP contribution >= 0.6 is 0 Å². The Labute approximate surface area is 90.5 Å². The third-order valence-electron chi connectivity index (χ3n) is 2.08. The van der Waals surface area contributed by atoms with Gasteiger partial charge in [-0.1, -0.05) is 0 Å². The summed E-state index contributed by atoms with van der Waals surface area (Å²) in [5.74, 6) is 0. The van der Waals surface area contributed by atoms with Gasteiger partial charge in [-0.2, -0.15) is 0 Å². The molecule has 84 valence electrons. The lowest BCUT2D eigenvalue weighted by atomic mass is 10.2. The van der Waals surface area contributed by atoms with E-state index < -0.39 is 6.10 Å². The second-order valence-corrected chi connectivity index (χ2v) is 3.66. The SMILES string of the molecule is COCC(O)CN(C)Cc1ccncc1. The first kappa shape index (κ1) is 12.1. The van der Waals surface area contributed by atoms with Crippen LogP contribution in [0.15, 0.2) is 24.5 Å². The molecule has 1 aromatic heterocycles. The van der Waals surface area contributed by atoms with Gasteiger partial charge in [0.05, 0.1) is 12.7 Å². The smallest absolute Gasteiger partial charge is 0.0900 e. The number of pyridine rings is 1. The first-order chi connectivity index (χ1) is 7.22. The third-order valence-corrected chi connectivity index (χ3v) is 2.08. The molecule has 1 atom stereocenters. The van der Waals surface area contributed by atoms with E-state index in [1.807, 2.05) is 19.2 Å². The Balaban J connectivity index is 2.33. The number of rotatable bonds is 6.